The maximum Gasteiger partial charge on any atom is 0.178 e. The van der Waals surface area contributed by atoms with Gasteiger partial charge >= 0.3 is 0 Å². The summed E-state index contributed by atoms with van der Waals surface area (Å²) >= 11 is 0. The van der Waals surface area contributed by atoms with Crippen molar-refractivity contribution < 1.29 is 24.3 Å². The van der Waals surface area contributed by atoms with Crippen molar-refractivity contribution in [1.29, 1.82) is 0 Å². The summed E-state index contributed by atoms with van der Waals surface area (Å²) in [5.41, 5.74) is 0.536. The van der Waals surface area contributed by atoms with E-state index in [4.69, 9.17) is 4.42 Å². The number of ketones is 1. The summed E-state index contributed by atoms with van der Waals surface area (Å²) in [6.45, 7) is 5.02. The summed E-state index contributed by atoms with van der Waals surface area (Å²) in [6, 6.07) is 3.62. The van der Waals surface area contributed by atoms with Crippen LogP contribution in [0.3, 0.4) is 0 Å². The Morgan fingerprint density at radius 2 is 2.16 bits per heavy atom. The molecular formula is C26H33NO5. The summed E-state index contributed by atoms with van der Waals surface area (Å²) in [6.07, 6.45) is 10.8. The Morgan fingerprint density at radius 1 is 1.34 bits per heavy atom. The Bertz CT molecular complexity index is 951. The van der Waals surface area contributed by atoms with Crippen molar-refractivity contribution >= 4 is 12.1 Å². The van der Waals surface area contributed by atoms with Gasteiger partial charge in [0.25, 0.3) is 0 Å². The van der Waals surface area contributed by atoms with Gasteiger partial charge in [0.15, 0.2) is 5.78 Å². The van der Waals surface area contributed by atoms with Crippen molar-refractivity contribution in [3.8, 4) is 0 Å². The lowest BCUT2D eigenvalue weighted by Crippen LogP contribution is -2.56. The molecule has 0 aliphatic heterocycles. The number of hydroxylamine groups is 2. The topological polar surface area (TPSA) is 91.0 Å². The summed E-state index contributed by atoms with van der Waals surface area (Å²) in [7, 11) is 0. The van der Waals surface area contributed by atoms with Gasteiger partial charge in [0.2, 0.25) is 0 Å². The zero-order chi connectivity index (χ0) is 22.7. The highest BCUT2D eigenvalue weighted by Gasteiger charge is 2.63. The first kappa shape index (κ1) is 21.8. The number of allylic oxidation sites excluding steroid dienone is 4. The van der Waals surface area contributed by atoms with Gasteiger partial charge in [-0.05, 0) is 73.1 Å². The van der Waals surface area contributed by atoms with E-state index in [1.54, 1.807) is 24.5 Å². The Morgan fingerprint density at radius 3 is 2.88 bits per heavy atom. The van der Waals surface area contributed by atoms with E-state index in [2.05, 4.69) is 13.8 Å². The van der Waals surface area contributed by atoms with E-state index in [0.717, 1.165) is 31.1 Å². The van der Waals surface area contributed by atoms with Gasteiger partial charge in [0, 0.05) is 23.8 Å². The van der Waals surface area contributed by atoms with Gasteiger partial charge in [0.05, 0.1) is 18.9 Å². The van der Waals surface area contributed by atoms with Crippen LogP contribution in [0.1, 0.15) is 45.3 Å². The average molecular weight is 440 g/mol. The molecule has 0 radical (unpaired) electrons. The minimum Gasteiger partial charge on any atom is -0.468 e. The molecule has 0 aromatic carbocycles. The summed E-state index contributed by atoms with van der Waals surface area (Å²) in [5.74, 6) is 1.18. The molecule has 7 unspecified atom stereocenters. The number of nitrogens with zero attached hydrogens (tertiary/aromatic N) is 1. The Kier molecular flexibility index (Phi) is 5.31. The zero-order valence-electron chi connectivity index (χ0n) is 18.8. The first-order valence-electron chi connectivity index (χ1n) is 11.8. The van der Waals surface area contributed by atoms with Crippen LogP contribution in [0.25, 0.3) is 0 Å². The highest BCUT2D eigenvalue weighted by molar-refractivity contribution is 6.01. The molecule has 3 fully saturated rings. The number of carbonyl (C=O) groups excluding carboxylic acids is 2. The molecule has 8 atom stereocenters. The summed E-state index contributed by atoms with van der Waals surface area (Å²) in [5, 5.41) is 23.2. The van der Waals surface area contributed by atoms with Crippen molar-refractivity contribution in [3.63, 3.8) is 0 Å². The maximum absolute atomic E-state index is 12.3. The number of rotatable bonds is 5. The Balaban J connectivity index is 1.41. The van der Waals surface area contributed by atoms with Crippen LogP contribution >= 0.6 is 0 Å². The second-order valence-corrected chi connectivity index (χ2v) is 10.9. The number of carbonyl (C=O) groups is 2. The molecule has 6 heteroatoms. The maximum atomic E-state index is 12.3. The second-order valence-electron chi connectivity index (χ2n) is 10.9. The molecule has 1 heterocycles. The first-order valence-corrected chi connectivity index (χ1v) is 11.8. The molecule has 172 valence electrons. The van der Waals surface area contributed by atoms with E-state index >= 15 is 0 Å². The number of hydrogen-bond donors (Lipinski definition) is 2. The van der Waals surface area contributed by atoms with Crippen molar-refractivity contribution in [2.75, 3.05) is 6.54 Å². The fourth-order valence-electron chi connectivity index (χ4n) is 7.92. The molecule has 0 saturated heterocycles. The van der Waals surface area contributed by atoms with Crippen molar-refractivity contribution in [2.24, 2.45) is 40.4 Å². The molecule has 32 heavy (non-hydrogen) atoms. The molecule has 5 rings (SSSR count). The molecule has 1 aromatic rings. The van der Waals surface area contributed by atoms with Crippen molar-refractivity contribution in [1.82, 2.24) is 5.06 Å². The van der Waals surface area contributed by atoms with E-state index in [-0.39, 0.29) is 46.8 Å². The molecule has 3 saturated carbocycles. The Hall–Kier alpha value is -2.02. The first-order chi connectivity index (χ1) is 15.3. The third-order valence-electron chi connectivity index (χ3n) is 9.27. The molecule has 2 N–H and O–H groups in total. The molecular weight excluding hydrogens is 406 g/mol. The fraction of sp³-hybridized carbons (Fsp3) is 0.615. The van der Waals surface area contributed by atoms with E-state index in [1.165, 1.54) is 5.06 Å². The largest absolute Gasteiger partial charge is 0.468 e. The number of fused-ring (bicyclic) bond motifs is 5. The van der Waals surface area contributed by atoms with E-state index in [9.17, 15) is 19.9 Å². The van der Waals surface area contributed by atoms with Crippen LogP contribution < -0.4 is 0 Å². The number of aliphatic hydroxyl groups excluding tert-OH is 1. The SMILES string of the molecule is CC12C=CC(=O)C=C1CCC1C2C(O)CC2(C)C1C[C@@H](CN(O)Cc1ccco1)C2C=O. The Labute approximate surface area is 188 Å². The highest BCUT2D eigenvalue weighted by atomic mass is 16.5. The van der Waals surface area contributed by atoms with Crippen LogP contribution in [-0.2, 0) is 16.1 Å². The lowest BCUT2D eigenvalue weighted by molar-refractivity contribution is -0.136. The summed E-state index contributed by atoms with van der Waals surface area (Å²) in [4.78, 5) is 24.3. The van der Waals surface area contributed by atoms with Gasteiger partial charge < -0.3 is 19.5 Å². The smallest absolute Gasteiger partial charge is 0.178 e. The predicted molar refractivity (Wildman–Crippen MR) is 117 cm³/mol. The van der Waals surface area contributed by atoms with Gasteiger partial charge in [-0.3, -0.25) is 4.79 Å². The quantitative estimate of drug-likeness (QED) is 0.536. The van der Waals surface area contributed by atoms with Crippen molar-refractivity contribution in [3.05, 3.63) is 48.0 Å². The minimum atomic E-state index is -0.526. The lowest BCUT2D eigenvalue weighted by Gasteiger charge is -2.58. The molecule has 0 amide bonds. The van der Waals surface area contributed by atoms with E-state index in [0.29, 0.717) is 24.6 Å². The zero-order valence-corrected chi connectivity index (χ0v) is 18.8. The van der Waals surface area contributed by atoms with Gasteiger partial charge in [-0.25, -0.2) is 0 Å². The normalized spacial score (nSPS) is 42.9. The molecule has 0 bridgehead atoms. The van der Waals surface area contributed by atoms with Crippen LogP contribution in [0.5, 0.6) is 0 Å². The predicted octanol–water partition coefficient (Wildman–Crippen LogP) is 3.79. The highest BCUT2D eigenvalue weighted by Crippen LogP contribution is 2.66. The monoisotopic (exact) mass is 439 g/mol. The van der Waals surface area contributed by atoms with Gasteiger partial charge in [-0.15, -0.1) is 0 Å². The van der Waals surface area contributed by atoms with Crippen LogP contribution in [0, 0.1) is 40.4 Å². The lowest BCUT2D eigenvalue weighted by atomic mass is 9.47. The molecule has 4 aliphatic rings. The number of aldehydes is 1. The third-order valence-corrected chi connectivity index (χ3v) is 9.27. The minimum absolute atomic E-state index is 0.0293. The standard InChI is InChI=1S/C26H33NO5/c1-25-8-7-18(29)11-17(25)5-6-20-21-10-16(13-27(31)14-19-4-3-9-32-19)22(15-28)26(21,2)12-23(30)24(20)25/h3-4,7-9,11,15-16,20-24,30-31H,5-6,10,12-14H2,1-2H3/t16-,20?,21?,22?,23?,24?,25?,26?/m0/s1. The summed E-state index contributed by atoms with van der Waals surface area (Å²) < 4.78 is 5.35. The number of hydrogen-bond acceptors (Lipinski definition) is 6. The van der Waals surface area contributed by atoms with Gasteiger partial charge in [0.1, 0.15) is 12.0 Å². The van der Waals surface area contributed by atoms with Crippen LogP contribution in [-0.4, -0.2) is 40.1 Å². The third kappa shape index (κ3) is 3.27. The molecule has 6 nitrogen and oxygen atoms in total. The van der Waals surface area contributed by atoms with Crippen LogP contribution in [0.4, 0.5) is 0 Å². The second kappa shape index (κ2) is 7.79. The van der Waals surface area contributed by atoms with Gasteiger partial charge in [-0.2, -0.15) is 5.06 Å². The van der Waals surface area contributed by atoms with E-state index < -0.39 is 6.10 Å². The molecule has 4 aliphatic carbocycles. The van der Waals surface area contributed by atoms with Crippen molar-refractivity contribution in [2.45, 2.75) is 52.2 Å². The van der Waals surface area contributed by atoms with E-state index in [1.807, 2.05) is 12.1 Å². The van der Waals surface area contributed by atoms with Crippen LogP contribution in [0.15, 0.2) is 46.6 Å². The molecule has 0 spiro atoms. The fourth-order valence-corrected chi connectivity index (χ4v) is 7.92. The number of aliphatic hydroxyl groups is 1. The van der Waals surface area contributed by atoms with Gasteiger partial charge in [-0.1, -0.05) is 25.5 Å². The average Bonchev–Trinajstić information content (AvgIpc) is 3.33. The van der Waals surface area contributed by atoms with Crippen LogP contribution in [0.2, 0.25) is 0 Å². The molecule has 1 aromatic heterocycles. The number of furan rings is 1.